The molecule has 1 aromatic carbocycles. The van der Waals surface area contributed by atoms with Crippen LogP contribution >= 0.6 is 0 Å². The van der Waals surface area contributed by atoms with E-state index < -0.39 is 35.8 Å². The van der Waals surface area contributed by atoms with Crippen LogP contribution in [0, 0.1) is 19.8 Å². The number of phenolic OH excluding ortho intramolecular Hbond substituents is 1. The normalized spacial score (nSPS) is 15.1. The third-order valence-corrected chi connectivity index (χ3v) is 9.25. The van der Waals surface area contributed by atoms with Gasteiger partial charge in [-0.15, -0.1) is 0 Å². The molecular formula is C36H59N5O7. The average molecular weight is 674 g/mol. The van der Waals surface area contributed by atoms with Gasteiger partial charge in [0.1, 0.15) is 17.8 Å². The third kappa shape index (κ3) is 14.2. The van der Waals surface area contributed by atoms with Crippen LogP contribution in [0.4, 0.5) is 0 Å². The van der Waals surface area contributed by atoms with Crippen molar-refractivity contribution in [3.63, 3.8) is 0 Å². The van der Waals surface area contributed by atoms with Crippen molar-refractivity contribution < 1.29 is 33.8 Å². The molecule has 1 aromatic rings. The van der Waals surface area contributed by atoms with Crippen molar-refractivity contribution in [1.82, 2.24) is 20.9 Å². The van der Waals surface area contributed by atoms with E-state index in [4.69, 9.17) is 5.73 Å². The molecule has 0 aromatic heterocycles. The van der Waals surface area contributed by atoms with Gasteiger partial charge in [-0.2, -0.15) is 0 Å². The summed E-state index contributed by atoms with van der Waals surface area (Å²) in [5.74, 6) is -1.38. The number of amides is 4. The highest BCUT2D eigenvalue weighted by Crippen LogP contribution is 2.28. The number of carbonyl (C=O) groups excluding carboxylic acids is 5. The molecule has 6 N–H and O–H groups in total. The molecule has 0 radical (unpaired) electrons. The summed E-state index contributed by atoms with van der Waals surface area (Å²) in [6.45, 7) is 5.84. The van der Waals surface area contributed by atoms with Gasteiger partial charge in [0.05, 0.1) is 19.7 Å². The first-order valence-electron chi connectivity index (χ1n) is 17.6. The zero-order chi connectivity index (χ0) is 35.6. The average Bonchev–Trinajstić information content (AvgIpc) is 3.06. The maximum absolute atomic E-state index is 13.5. The van der Waals surface area contributed by atoms with Gasteiger partial charge in [-0.05, 0) is 80.7 Å². The van der Waals surface area contributed by atoms with E-state index in [9.17, 15) is 29.1 Å². The van der Waals surface area contributed by atoms with E-state index in [0.29, 0.717) is 44.6 Å². The smallest absolute Gasteiger partial charge is 0.305 e. The SMILES string of the molecule is CCCC[C@@H](NC(=O)C(N)Cc1c(C)cc(O)cc1C)C(=O)NCC(=O)N[C@@H](CC1CCCCC1)C(=O)N(C)CCCCCC(=O)OC. The number of unbranched alkanes of at least 4 members (excludes halogenated alkanes) is 3. The summed E-state index contributed by atoms with van der Waals surface area (Å²) in [4.78, 5) is 65.9. The molecule has 0 aliphatic heterocycles. The van der Waals surface area contributed by atoms with Crippen LogP contribution in [0.3, 0.4) is 0 Å². The molecule has 1 aliphatic carbocycles. The molecule has 4 amide bonds. The predicted octanol–water partition coefficient (Wildman–Crippen LogP) is 3.32. The van der Waals surface area contributed by atoms with Crippen LogP contribution in [0.5, 0.6) is 5.75 Å². The Morgan fingerprint density at radius 2 is 1.62 bits per heavy atom. The number of phenols is 1. The lowest BCUT2D eigenvalue weighted by Gasteiger charge is -2.29. The molecule has 1 aliphatic rings. The van der Waals surface area contributed by atoms with Gasteiger partial charge in [0.15, 0.2) is 0 Å². The predicted molar refractivity (Wildman–Crippen MR) is 185 cm³/mol. The summed E-state index contributed by atoms with van der Waals surface area (Å²) in [5.41, 5.74) is 8.76. The molecule has 2 rings (SSSR count). The number of ether oxygens (including phenoxy) is 1. The molecule has 1 saturated carbocycles. The highest BCUT2D eigenvalue weighted by atomic mass is 16.5. The number of esters is 1. The van der Waals surface area contributed by atoms with Gasteiger partial charge in [-0.1, -0.05) is 58.3 Å². The van der Waals surface area contributed by atoms with Crippen molar-refractivity contribution >= 4 is 29.6 Å². The van der Waals surface area contributed by atoms with Gasteiger partial charge in [0, 0.05) is 20.0 Å². The standard InChI is InChI=1S/C36H59N5O7/c1-6-7-16-30(40-34(45)29(37)22-28-24(2)19-27(42)20-25(28)3)35(46)38-23-32(43)39-31(21-26-14-10-8-11-15-26)36(47)41(4)18-13-9-12-17-33(44)48-5/h19-20,26,29-31,42H,6-18,21-23,37H2,1-5H3,(H,38,46)(H,39,43)(H,40,45)/t29?,30-,31+/m1/s1. The highest BCUT2D eigenvalue weighted by Gasteiger charge is 2.29. The van der Waals surface area contributed by atoms with Crippen molar-refractivity contribution in [3.05, 3.63) is 28.8 Å². The van der Waals surface area contributed by atoms with Crippen LogP contribution in [0.1, 0.15) is 107 Å². The van der Waals surface area contributed by atoms with Crippen molar-refractivity contribution in [1.29, 1.82) is 0 Å². The molecule has 0 heterocycles. The van der Waals surface area contributed by atoms with Crippen LogP contribution in [-0.2, 0) is 35.1 Å². The number of methoxy groups -OCH3 is 1. The minimum atomic E-state index is -0.913. The summed E-state index contributed by atoms with van der Waals surface area (Å²) in [6, 6.07) is 0.748. The number of rotatable bonds is 20. The first-order chi connectivity index (χ1) is 22.9. The Labute approximate surface area is 286 Å². The summed E-state index contributed by atoms with van der Waals surface area (Å²) < 4.78 is 4.68. The largest absolute Gasteiger partial charge is 0.508 e. The van der Waals surface area contributed by atoms with E-state index in [2.05, 4.69) is 20.7 Å². The Hall–Kier alpha value is -3.67. The number of aryl methyl sites for hydroxylation is 2. The van der Waals surface area contributed by atoms with E-state index >= 15 is 0 Å². The Balaban J connectivity index is 1.98. The van der Waals surface area contributed by atoms with Crippen molar-refractivity contribution in [2.75, 3.05) is 27.2 Å². The zero-order valence-corrected chi connectivity index (χ0v) is 29.7. The minimum Gasteiger partial charge on any atom is -0.508 e. The number of nitrogens with two attached hydrogens (primary N) is 1. The van der Waals surface area contributed by atoms with Crippen LogP contribution in [-0.4, -0.2) is 85.0 Å². The summed E-state index contributed by atoms with van der Waals surface area (Å²) in [5, 5.41) is 18.1. The number of nitrogens with zero attached hydrogens (tertiary/aromatic N) is 1. The number of hydrogen-bond donors (Lipinski definition) is 5. The van der Waals surface area contributed by atoms with E-state index in [1.165, 1.54) is 13.5 Å². The van der Waals surface area contributed by atoms with Crippen LogP contribution < -0.4 is 21.7 Å². The molecule has 1 fully saturated rings. The fourth-order valence-corrected chi connectivity index (χ4v) is 6.35. The quantitative estimate of drug-likeness (QED) is 0.103. The van der Waals surface area contributed by atoms with Gasteiger partial charge in [0.25, 0.3) is 0 Å². The van der Waals surface area contributed by atoms with E-state index in [-0.39, 0.29) is 30.6 Å². The number of nitrogens with one attached hydrogen (secondary N) is 3. The second kappa shape index (κ2) is 21.3. The number of benzene rings is 1. The minimum absolute atomic E-state index is 0.146. The van der Waals surface area contributed by atoms with Gasteiger partial charge in [-0.25, -0.2) is 0 Å². The molecular weight excluding hydrogens is 614 g/mol. The Morgan fingerprint density at radius 1 is 0.958 bits per heavy atom. The lowest BCUT2D eigenvalue weighted by atomic mass is 9.84. The summed E-state index contributed by atoms with van der Waals surface area (Å²) in [7, 11) is 3.09. The van der Waals surface area contributed by atoms with Gasteiger partial charge < -0.3 is 36.4 Å². The first kappa shape index (κ1) is 40.5. The number of carbonyl (C=O) groups is 5. The number of aromatic hydroxyl groups is 1. The van der Waals surface area contributed by atoms with Crippen molar-refractivity contribution in [3.8, 4) is 5.75 Å². The van der Waals surface area contributed by atoms with Gasteiger partial charge >= 0.3 is 5.97 Å². The molecule has 12 nitrogen and oxygen atoms in total. The topological polar surface area (TPSA) is 180 Å². The van der Waals surface area contributed by atoms with Crippen LogP contribution in [0.15, 0.2) is 12.1 Å². The summed E-state index contributed by atoms with van der Waals surface area (Å²) in [6.07, 6.45) is 10.6. The molecule has 48 heavy (non-hydrogen) atoms. The molecule has 0 spiro atoms. The first-order valence-corrected chi connectivity index (χ1v) is 17.6. The molecule has 1 unspecified atom stereocenters. The fourth-order valence-electron chi connectivity index (χ4n) is 6.35. The van der Waals surface area contributed by atoms with Crippen LogP contribution in [0.2, 0.25) is 0 Å². The Kier molecular flexibility index (Phi) is 18.0. The van der Waals surface area contributed by atoms with Gasteiger partial charge in [0.2, 0.25) is 23.6 Å². The van der Waals surface area contributed by atoms with Crippen molar-refractivity contribution in [2.45, 2.75) is 129 Å². The van der Waals surface area contributed by atoms with Crippen LogP contribution in [0.25, 0.3) is 0 Å². The van der Waals surface area contributed by atoms with Crippen molar-refractivity contribution in [2.24, 2.45) is 11.7 Å². The number of hydrogen-bond acceptors (Lipinski definition) is 8. The molecule has 0 saturated heterocycles. The third-order valence-electron chi connectivity index (χ3n) is 9.25. The molecule has 3 atom stereocenters. The Bertz CT molecular complexity index is 1190. The van der Waals surface area contributed by atoms with E-state index in [0.717, 1.165) is 61.6 Å². The lowest BCUT2D eigenvalue weighted by Crippen LogP contribution is -2.54. The number of likely N-dealkylation sites (N-methyl/N-ethyl adjacent to an activating group) is 1. The molecule has 12 heteroatoms. The molecule has 0 bridgehead atoms. The zero-order valence-electron chi connectivity index (χ0n) is 29.7. The highest BCUT2D eigenvalue weighted by molar-refractivity contribution is 5.93. The second-order valence-corrected chi connectivity index (χ2v) is 13.3. The lowest BCUT2D eigenvalue weighted by molar-refractivity contribution is -0.140. The maximum Gasteiger partial charge on any atom is 0.305 e. The van der Waals surface area contributed by atoms with E-state index in [1.54, 1.807) is 24.1 Å². The fraction of sp³-hybridized carbons (Fsp3) is 0.694. The maximum atomic E-state index is 13.5. The van der Waals surface area contributed by atoms with Gasteiger partial charge in [-0.3, -0.25) is 24.0 Å². The Morgan fingerprint density at radius 3 is 2.25 bits per heavy atom. The second-order valence-electron chi connectivity index (χ2n) is 13.3. The summed E-state index contributed by atoms with van der Waals surface area (Å²) >= 11 is 0. The molecule has 270 valence electrons. The van der Waals surface area contributed by atoms with E-state index in [1.807, 2.05) is 20.8 Å². The monoisotopic (exact) mass is 673 g/mol.